The number of nitrogens with zero attached hydrogens (tertiary/aromatic N) is 2. The number of carbonyl (C=O) groups is 2. The van der Waals surface area contributed by atoms with Crippen molar-refractivity contribution in [1.82, 2.24) is 9.78 Å². The van der Waals surface area contributed by atoms with Crippen LogP contribution in [0.15, 0.2) is 18.2 Å². The van der Waals surface area contributed by atoms with Gasteiger partial charge in [-0.3, -0.25) is 14.3 Å². The summed E-state index contributed by atoms with van der Waals surface area (Å²) in [6, 6.07) is 4.97. The van der Waals surface area contributed by atoms with Gasteiger partial charge in [0.15, 0.2) is 11.5 Å². The highest BCUT2D eigenvalue weighted by atomic mass is 35.5. The van der Waals surface area contributed by atoms with Crippen LogP contribution in [0.25, 0.3) is 10.9 Å². The van der Waals surface area contributed by atoms with Crippen LogP contribution >= 0.6 is 11.6 Å². The fourth-order valence-corrected chi connectivity index (χ4v) is 1.83. The number of primary amides is 1. The van der Waals surface area contributed by atoms with Crippen molar-refractivity contribution >= 4 is 34.2 Å². The number of benzene rings is 1. The van der Waals surface area contributed by atoms with Crippen LogP contribution in [0.3, 0.4) is 0 Å². The van der Waals surface area contributed by atoms with Crippen molar-refractivity contribution in [1.29, 1.82) is 0 Å². The van der Waals surface area contributed by atoms with Gasteiger partial charge in [0.05, 0.1) is 12.1 Å². The largest absolute Gasteiger partial charge is 0.364 e. The minimum absolute atomic E-state index is 0.0644. The van der Waals surface area contributed by atoms with E-state index in [1.807, 2.05) is 0 Å². The van der Waals surface area contributed by atoms with Gasteiger partial charge in [0.2, 0.25) is 0 Å². The molecule has 0 saturated carbocycles. The number of Topliss-reactive ketones (excluding diaryl/α,β-unsaturated/α-hetero) is 1. The second-order valence-corrected chi connectivity index (χ2v) is 4.17. The van der Waals surface area contributed by atoms with Crippen molar-refractivity contribution in [2.75, 3.05) is 0 Å². The summed E-state index contributed by atoms with van der Waals surface area (Å²) in [5, 5.41) is 5.15. The highest BCUT2D eigenvalue weighted by molar-refractivity contribution is 6.31. The predicted octanol–water partition coefficient (Wildman–Crippen LogP) is 1.38. The number of ketones is 1. The molecule has 0 fully saturated rings. The Morgan fingerprint density at radius 3 is 2.76 bits per heavy atom. The topological polar surface area (TPSA) is 78.0 Å². The Morgan fingerprint density at radius 1 is 1.47 bits per heavy atom. The number of nitrogens with two attached hydrogens (primary N) is 1. The average molecular weight is 252 g/mol. The highest BCUT2D eigenvalue weighted by Gasteiger charge is 2.15. The molecule has 1 aromatic heterocycles. The summed E-state index contributed by atoms with van der Waals surface area (Å²) < 4.78 is 1.43. The molecule has 1 amide bonds. The molecule has 0 radical (unpaired) electrons. The Balaban J connectivity index is 2.70. The number of amides is 1. The number of rotatable bonds is 3. The highest BCUT2D eigenvalue weighted by Crippen LogP contribution is 2.22. The molecule has 0 unspecified atom stereocenters. The van der Waals surface area contributed by atoms with Crippen molar-refractivity contribution in [3.63, 3.8) is 0 Å². The zero-order valence-corrected chi connectivity index (χ0v) is 9.86. The summed E-state index contributed by atoms with van der Waals surface area (Å²) in [6.07, 6.45) is 0. The number of hydrogen-bond acceptors (Lipinski definition) is 3. The van der Waals surface area contributed by atoms with E-state index in [0.717, 1.165) is 0 Å². The lowest BCUT2D eigenvalue weighted by molar-refractivity contribution is -0.117. The summed E-state index contributed by atoms with van der Waals surface area (Å²) in [5.41, 5.74) is 6.01. The SMILES string of the molecule is CC(=O)Cn1nc(C(N)=O)c2ccc(Cl)cc21. The molecule has 88 valence electrons. The molecular formula is C11H10ClN3O2. The molecule has 2 N–H and O–H groups in total. The molecule has 17 heavy (non-hydrogen) atoms. The Bertz CT molecular complexity index is 618. The maximum Gasteiger partial charge on any atom is 0.269 e. The van der Waals surface area contributed by atoms with Gasteiger partial charge in [0.25, 0.3) is 5.91 Å². The molecule has 5 nitrogen and oxygen atoms in total. The van der Waals surface area contributed by atoms with Crippen LogP contribution in [0.2, 0.25) is 5.02 Å². The van der Waals surface area contributed by atoms with E-state index in [0.29, 0.717) is 15.9 Å². The van der Waals surface area contributed by atoms with Gasteiger partial charge in [-0.25, -0.2) is 0 Å². The van der Waals surface area contributed by atoms with Crippen molar-refractivity contribution in [2.24, 2.45) is 5.73 Å². The van der Waals surface area contributed by atoms with E-state index in [2.05, 4.69) is 5.10 Å². The predicted molar refractivity (Wildman–Crippen MR) is 63.9 cm³/mol. The molecule has 0 bridgehead atoms. The van der Waals surface area contributed by atoms with Gasteiger partial charge in [-0.1, -0.05) is 11.6 Å². The Kier molecular flexibility index (Phi) is 2.85. The standard InChI is InChI=1S/C11H10ClN3O2/c1-6(16)5-15-9-4-7(12)2-3-8(9)10(14-15)11(13)17/h2-4H,5H2,1H3,(H2,13,17). The fourth-order valence-electron chi connectivity index (χ4n) is 1.66. The monoisotopic (exact) mass is 251 g/mol. The van der Waals surface area contributed by atoms with E-state index < -0.39 is 5.91 Å². The van der Waals surface area contributed by atoms with Gasteiger partial charge in [0.1, 0.15) is 0 Å². The van der Waals surface area contributed by atoms with E-state index in [1.54, 1.807) is 18.2 Å². The van der Waals surface area contributed by atoms with Crippen molar-refractivity contribution in [3.05, 3.63) is 28.9 Å². The third kappa shape index (κ3) is 2.14. The van der Waals surface area contributed by atoms with Crippen LogP contribution in [0.1, 0.15) is 17.4 Å². The Morgan fingerprint density at radius 2 is 2.18 bits per heavy atom. The van der Waals surface area contributed by atoms with Crippen LogP contribution < -0.4 is 5.73 Å². The number of halogens is 1. The zero-order chi connectivity index (χ0) is 12.6. The molecule has 0 aliphatic carbocycles. The van der Waals surface area contributed by atoms with E-state index in [1.165, 1.54) is 11.6 Å². The quantitative estimate of drug-likeness (QED) is 0.895. The number of carbonyl (C=O) groups excluding carboxylic acids is 2. The summed E-state index contributed by atoms with van der Waals surface area (Å²) >= 11 is 5.87. The summed E-state index contributed by atoms with van der Waals surface area (Å²) in [6.45, 7) is 1.53. The van der Waals surface area contributed by atoms with Crippen LogP contribution in [0.4, 0.5) is 0 Å². The molecular weight excluding hydrogens is 242 g/mol. The normalized spacial score (nSPS) is 10.7. The van der Waals surface area contributed by atoms with Gasteiger partial charge in [-0.05, 0) is 25.1 Å². The minimum atomic E-state index is -0.625. The molecule has 0 spiro atoms. The lowest BCUT2D eigenvalue weighted by Gasteiger charge is -1.99. The molecule has 2 rings (SSSR count). The number of fused-ring (bicyclic) bond motifs is 1. The molecule has 0 saturated heterocycles. The summed E-state index contributed by atoms with van der Waals surface area (Å²) in [4.78, 5) is 22.3. The Labute approximate surface area is 102 Å². The smallest absolute Gasteiger partial charge is 0.269 e. The van der Waals surface area contributed by atoms with Crippen molar-refractivity contribution in [2.45, 2.75) is 13.5 Å². The molecule has 1 heterocycles. The van der Waals surface area contributed by atoms with E-state index in [4.69, 9.17) is 17.3 Å². The van der Waals surface area contributed by atoms with Crippen molar-refractivity contribution in [3.8, 4) is 0 Å². The lowest BCUT2D eigenvalue weighted by Crippen LogP contribution is -2.14. The molecule has 6 heteroatoms. The second kappa shape index (κ2) is 4.18. The molecule has 0 aliphatic rings. The average Bonchev–Trinajstić information content (AvgIpc) is 2.56. The third-order valence-electron chi connectivity index (χ3n) is 2.32. The second-order valence-electron chi connectivity index (χ2n) is 3.73. The minimum Gasteiger partial charge on any atom is -0.364 e. The van der Waals surface area contributed by atoms with Crippen LogP contribution in [0.5, 0.6) is 0 Å². The van der Waals surface area contributed by atoms with E-state index in [9.17, 15) is 9.59 Å². The zero-order valence-electron chi connectivity index (χ0n) is 9.11. The van der Waals surface area contributed by atoms with Crippen molar-refractivity contribution < 1.29 is 9.59 Å². The third-order valence-corrected chi connectivity index (χ3v) is 2.55. The molecule has 0 aliphatic heterocycles. The van der Waals surface area contributed by atoms with E-state index >= 15 is 0 Å². The molecule has 0 atom stereocenters. The number of hydrogen-bond donors (Lipinski definition) is 1. The summed E-state index contributed by atoms with van der Waals surface area (Å²) in [5.74, 6) is -0.690. The fraction of sp³-hybridized carbons (Fsp3) is 0.182. The lowest BCUT2D eigenvalue weighted by atomic mass is 10.2. The van der Waals surface area contributed by atoms with Gasteiger partial charge < -0.3 is 5.73 Å². The van der Waals surface area contributed by atoms with Crippen LogP contribution in [-0.4, -0.2) is 21.5 Å². The molecule has 1 aromatic carbocycles. The first-order valence-corrected chi connectivity index (χ1v) is 5.32. The number of aromatic nitrogens is 2. The molecule has 2 aromatic rings. The first-order chi connectivity index (χ1) is 7.99. The summed E-state index contributed by atoms with van der Waals surface area (Å²) in [7, 11) is 0. The van der Waals surface area contributed by atoms with E-state index in [-0.39, 0.29) is 18.0 Å². The van der Waals surface area contributed by atoms with Gasteiger partial charge in [0, 0.05) is 10.4 Å². The van der Waals surface area contributed by atoms with Crippen LogP contribution in [-0.2, 0) is 11.3 Å². The van der Waals surface area contributed by atoms with Gasteiger partial charge in [-0.2, -0.15) is 5.10 Å². The maximum atomic E-state index is 11.2. The first-order valence-electron chi connectivity index (χ1n) is 4.94. The van der Waals surface area contributed by atoms with Crippen LogP contribution in [0, 0.1) is 0 Å². The van der Waals surface area contributed by atoms with Gasteiger partial charge >= 0.3 is 0 Å². The first kappa shape index (κ1) is 11.6. The van der Waals surface area contributed by atoms with Gasteiger partial charge in [-0.15, -0.1) is 0 Å². The maximum absolute atomic E-state index is 11.2. The Hall–Kier alpha value is -1.88.